The topological polar surface area (TPSA) is 106 Å². The summed E-state index contributed by atoms with van der Waals surface area (Å²) < 4.78 is 24.4. The van der Waals surface area contributed by atoms with Crippen LogP contribution < -0.4 is 5.32 Å². The summed E-state index contributed by atoms with van der Waals surface area (Å²) in [5.74, 6) is -0.545. The fourth-order valence-corrected chi connectivity index (χ4v) is 3.09. The molecule has 0 aliphatic heterocycles. The van der Waals surface area contributed by atoms with Crippen LogP contribution in [-0.2, 0) is 9.84 Å². The van der Waals surface area contributed by atoms with E-state index in [-0.39, 0.29) is 21.8 Å². The number of benzene rings is 2. The van der Waals surface area contributed by atoms with E-state index >= 15 is 0 Å². The highest BCUT2D eigenvalue weighted by Gasteiger charge is 2.20. The average Bonchev–Trinajstić information content (AvgIpc) is 2.55. The molecule has 2 aromatic carbocycles. The maximum absolute atomic E-state index is 12.3. The first kappa shape index (κ1) is 17.6. The summed E-state index contributed by atoms with van der Waals surface area (Å²) >= 11 is 0. The van der Waals surface area contributed by atoms with E-state index in [4.69, 9.17) is 0 Å². The van der Waals surface area contributed by atoms with Crippen LogP contribution in [0.2, 0.25) is 0 Å². The molecule has 0 heterocycles. The highest BCUT2D eigenvalue weighted by atomic mass is 32.2. The zero-order valence-electron chi connectivity index (χ0n) is 13.1. The highest BCUT2D eigenvalue weighted by Crippen LogP contribution is 2.20. The van der Waals surface area contributed by atoms with Gasteiger partial charge >= 0.3 is 0 Å². The third kappa shape index (κ3) is 3.77. The SMILES string of the molecule is CC(C)S(=O)(=O)c1cccc(C(=O)Nc2cccc([N+](=O)[O-])c2)c1. The smallest absolute Gasteiger partial charge is 0.271 e. The van der Waals surface area contributed by atoms with Crippen molar-refractivity contribution in [2.24, 2.45) is 0 Å². The summed E-state index contributed by atoms with van der Waals surface area (Å²) in [5.41, 5.74) is 0.262. The van der Waals surface area contributed by atoms with E-state index in [9.17, 15) is 23.3 Å². The molecule has 1 N–H and O–H groups in total. The van der Waals surface area contributed by atoms with Crippen LogP contribution in [0.4, 0.5) is 11.4 Å². The minimum absolute atomic E-state index is 0.0594. The number of amides is 1. The summed E-state index contributed by atoms with van der Waals surface area (Å²) in [5, 5.41) is 12.7. The van der Waals surface area contributed by atoms with Crippen molar-refractivity contribution in [1.82, 2.24) is 0 Å². The van der Waals surface area contributed by atoms with E-state index in [1.165, 1.54) is 48.5 Å². The van der Waals surface area contributed by atoms with Crippen molar-refractivity contribution in [3.63, 3.8) is 0 Å². The summed E-state index contributed by atoms with van der Waals surface area (Å²) in [6.07, 6.45) is 0. The second-order valence-corrected chi connectivity index (χ2v) is 7.89. The minimum atomic E-state index is -3.49. The van der Waals surface area contributed by atoms with Gasteiger partial charge in [0, 0.05) is 23.4 Å². The van der Waals surface area contributed by atoms with Crippen molar-refractivity contribution in [3.8, 4) is 0 Å². The molecule has 24 heavy (non-hydrogen) atoms. The summed E-state index contributed by atoms with van der Waals surface area (Å²) in [4.78, 5) is 22.5. The van der Waals surface area contributed by atoms with Gasteiger partial charge in [-0.1, -0.05) is 12.1 Å². The first-order chi connectivity index (χ1) is 11.2. The molecule has 7 nitrogen and oxygen atoms in total. The lowest BCUT2D eigenvalue weighted by Gasteiger charge is -2.10. The van der Waals surface area contributed by atoms with E-state index in [1.54, 1.807) is 13.8 Å². The predicted molar refractivity (Wildman–Crippen MR) is 89.8 cm³/mol. The van der Waals surface area contributed by atoms with Gasteiger partial charge < -0.3 is 5.32 Å². The molecule has 0 aliphatic rings. The number of non-ortho nitro benzene ring substituents is 1. The van der Waals surface area contributed by atoms with Crippen molar-refractivity contribution in [1.29, 1.82) is 0 Å². The molecule has 0 saturated heterocycles. The number of nitrogens with zero attached hydrogens (tertiary/aromatic N) is 1. The normalized spacial score (nSPS) is 11.3. The Balaban J connectivity index is 2.28. The number of sulfone groups is 1. The van der Waals surface area contributed by atoms with Crippen LogP contribution in [0.1, 0.15) is 24.2 Å². The number of hydrogen-bond acceptors (Lipinski definition) is 5. The highest BCUT2D eigenvalue weighted by molar-refractivity contribution is 7.92. The predicted octanol–water partition coefficient (Wildman–Crippen LogP) is 3.03. The Bertz CT molecular complexity index is 891. The van der Waals surface area contributed by atoms with E-state index in [1.807, 2.05) is 0 Å². The largest absolute Gasteiger partial charge is 0.322 e. The Labute approximate surface area is 139 Å². The Morgan fingerprint density at radius 2 is 1.79 bits per heavy atom. The molecule has 1 amide bonds. The molecular weight excluding hydrogens is 332 g/mol. The second-order valence-electron chi connectivity index (χ2n) is 5.38. The fraction of sp³-hybridized carbons (Fsp3) is 0.188. The number of carbonyl (C=O) groups is 1. The van der Waals surface area contributed by atoms with Crippen molar-refractivity contribution >= 4 is 27.1 Å². The van der Waals surface area contributed by atoms with Gasteiger partial charge in [-0.25, -0.2) is 8.42 Å². The van der Waals surface area contributed by atoms with Gasteiger partial charge in [-0.15, -0.1) is 0 Å². The first-order valence-corrected chi connectivity index (χ1v) is 8.66. The number of nitro benzene ring substituents is 1. The summed E-state index contributed by atoms with van der Waals surface area (Å²) in [6, 6.07) is 11.2. The molecule has 2 rings (SSSR count). The Kier molecular flexibility index (Phi) is 4.99. The van der Waals surface area contributed by atoms with Gasteiger partial charge in [-0.3, -0.25) is 14.9 Å². The summed E-state index contributed by atoms with van der Waals surface area (Å²) in [6.45, 7) is 3.12. The van der Waals surface area contributed by atoms with Gasteiger partial charge in [0.1, 0.15) is 0 Å². The van der Waals surface area contributed by atoms with Crippen LogP contribution in [0.5, 0.6) is 0 Å². The van der Waals surface area contributed by atoms with Crippen LogP contribution in [0.15, 0.2) is 53.4 Å². The van der Waals surface area contributed by atoms with Gasteiger partial charge in [-0.2, -0.15) is 0 Å². The second kappa shape index (κ2) is 6.79. The third-order valence-corrected chi connectivity index (χ3v) is 5.51. The average molecular weight is 348 g/mol. The zero-order valence-corrected chi connectivity index (χ0v) is 13.9. The lowest BCUT2D eigenvalue weighted by atomic mass is 10.2. The van der Waals surface area contributed by atoms with Crippen LogP contribution in [0.3, 0.4) is 0 Å². The number of hydrogen-bond donors (Lipinski definition) is 1. The van der Waals surface area contributed by atoms with Crippen LogP contribution in [0.25, 0.3) is 0 Å². The van der Waals surface area contributed by atoms with E-state index in [0.29, 0.717) is 0 Å². The van der Waals surface area contributed by atoms with Gasteiger partial charge in [0.2, 0.25) is 0 Å². The minimum Gasteiger partial charge on any atom is -0.322 e. The third-order valence-electron chi connectivity index (χ3n) is 3.36. The van der Waals surface area contributed by atoms with Gasteiger partial charge in [-0.05, 0) is 38.1 Å². The molecule has 0 radical (unpaired) electrons. The monoisotopic (exact) mass is 348 g/mol. The van der Waals surface area contributed by atoms with Crippen molar-refractivity contribution in [3.05, 3.63) is 64.2 Å². The Morgan fingerprint density at radius 3 is 2.42 bits per heavy atom. The number of nitrogens with one attached hydrogen (secondary N) is 1. The molecule has 0 aliphatic carbocycles. The molecule has 0 saturated carbocycles. The van der Waals surface area contributed by atoms with Gasteiger partial charge in [0.05, 0.1) is 15.1 Å². The quantitative estimate of drug-likeness (QED) is 0.660. The van der Waals surface area contributed by atoms with Crippen molar-refractivity contribution in [2.45, 2.75) is 24.0 Å². The number of nitro groups is 1. The lowest BCUT2D eigenvalue weighted by molar-refractivity contribution is -0.384. The molecule has 8 heteroatoms. The lowest BCUT2D eigenvalue weighted by Crippen LogP contribution is -2.16. The number of carbonyl (C=O) groups excluding carboxylic acids is 1. The zero-order chi connectivity index (χ0) is 17.9. The van der Waals surface area contributed by atoms with Crippen LogP contribution in [-0.4, -0.2) is 24.5 Å². The standard InChI is InChI=1S/C16H16N2O5S/c1-11(2)24(22,23)15-8-3-5-12(9-15)16(19)17-13-6-4-7-14(10-13)18(20)21/h3-11H,1-2H3,(H,17,19). The molecule has 0 spiro atoms. The molecule has 0 aromatic heterocycles. The Hall–Kier alpha value is -2.74. The maximum atomic E-state index is 12.3. The molecule has 0 unspecified atom stereocenters. The van der Waals surface area contributed by atoms with Crippen molar-refractivity contribution in [2.75, 3.05) is 5.32 Å². The van der Waals surface area contributed by atoms with E-state index in [2.05, 4.69) is 5.32 Å². The molecule has 0 bridgehead atoms. The first-order valence-electron chi connectivity index (χ1n) is 7.11. The van der Waals surface area contributed by atoms with Crippen LogP contribution in [0, 0.1) is 10.1 Å². The molecular formula is C16H16N2O5S. The Morgan fingerprint density at radius 1 is 1.12 bits per heavy atom. The molecule has 0 atom stereocenters. The summed E-state index contributed by atoms with van der Waals surface area (Å²) in [7, 11) is -3.49. The molecule has 2 aromatic rings. The van der Waals surface area contributed by atoms with Crippen LogP contribution >= 0.6 is 0 Å². The van der Waals surface area contributed by atoms with E-state index in [0.717, 1.165) is 0 Å². The van der Waals surface area contributed by atoms with Gasteiger partial charge in [0.15, 0.2) is 9.84 Å². The number of rotatable bonds is 5. The molecule has 0 fully saturated rings. The molecule has 126 valence electrons. The van der Waals surface area contributed by atoms with E-state index < -0.39 is 25.9 Å². The fourth-order valence-electron chi connectivity index (χ4n) is 1.99. The van der Waals surface area contributed by atoms with Crippen molar-refractivity contribution < 1.29 is 18.1 Å². The van der Waals surface area contributed by atoms with Gasteiger partial charge in [0.25, 0.3) is 11.6 Å². The maximum Gasteiger partial charge on any atom is 0.271 e. The number of anilines is 1.